The predicted octanol–water partition coefficient (Wildman–Crippen LogP) is 5.99. The van der Waals surface area contributed by atoms with Gasteiger partial charge in [-0.05, 0) is 63.0 Å². The summed E-state index contributed by atoms with van der Waals surface area (Å²) in [5.41, 5.74) is 0.464. The Morgan fingerprint density at radius 2 is 1.40 bits per heavy atom. The van der Waals surface area contributed by atoms with E-state index < -0.39 is 6.04 Å². The van der Waals surface area contributed by atoms with E-state index in [9.17, 15) is 14.4 Å². The Morgan fingerprint density at radius 3 is 1.95 bits per heavy atom. The fourth-order valence-electron chi connectivity index (χ4n) is 3.60. The third kappa shape index (κ3) is 17.7. The van der Waals surface area contributed by atoms with Crippen molar-refractivity contribution < 1.29 is 14.4 Å². The molecule has 3 N–H and O–H groups in total. The Morgan fingerprint density at radius 1 is 0.825 bits per heavy atom. The van der Waals surface area contributed by atoms with Crippen LogP contribution in [0.4, 0.5) is 0 Å². The van der Waals surface area contributed by atoms with Crippen LogP contribution in [0.2, 0.25) is 0 Å². The first-order valence-corrected chi connectivity index (χ1v) is 14.5. The van der Waals surface area contributed by atoms with E-state index in [4.69, 9.17) is 0 Å². The molecule has 218 valence electrons. The third-order valence-corrected chi connectivity index (χ3v) is 5.83. The van der Waals surface area contributed by atoms with Gasteiger partial charge in [-0.25, -0.2) is 0 Å². The molecule has 1 heterocycles. The normalized spacial score (nSPS) is 12.8. The quantitative estimate of drug-likeness (QED) is 0.138. The average molecular weight is 549 g/mol. The van der Waals surface area contributed by atoms with Gasteiger partial charge in [0.05, 0.1) is 5.56 Å². The van der Waals surface area contributed by atoms with Gasteiger partial charge in [-0.3, -0.25) is 19.4 Å². The number of rotatable bonds is 20. The van der Waals surface area contributed by atoms with E-state index in [0.717, 1.165) is 44.9 Å². The monoisotopic (exact) mass is 548 g/mol. The summed E-state index contributed by atoms with van der Waals surface area (Å²) in [5.74, 6) is -0.689. The van der Waals surface area contributed by atoms with Gasteiger partial charge in [-0.1, -0.05) is 81.5 Å². The van der Waals surface area contributed by atoms with Crippen molar-refractivity contribution >= 4 is 17.7 Å². The molecule has 1 rings (SSSR count). The topological polar surface area (TPSA) is 100 Å². The van der Waals surface area contributed by atoms with E-state index in [1.807, 2.05) is 13.8 Å². The minimum Gasteiger partial charge on any atom is -0.353 e. The number of hydrogen-bond acceptors (Lipinski definition) is 4. The summed E-state index contributed by atoms with van der Waals surface area (Å²) in [7, 11) is 0. The number of carbonyl (C=O) groups is 3. The molecule has 1 aromatic heterocycles. The van der Waals surface area contributed by atoms with E-state index in [1.165, 1.54) is 6.20 Å². The molecule has 0 fully saturated rings. The summed E-state index contributed by atoms with van der Waals surface area (Å²) in [4.78, 5) is 40.9. The number of unbranched alkanes of at least 4 members (excludes halogenated alkanes) is 1. The molecule has 0 bridgehead atoms. The SMILES string of the molecule is CCC=CCC=CCC=CCC=CCC=CCCCC(=O)NC(C(=O)NCCNC(=O)c1cccnc1)C(C)C. The highest BCUT2D eigenvalue weighted by Crippen LogP contribution is 2.05. The smallest absolute Gasteiger partial charge is 0.252 e. The first-order chi connectivity index (χ1) is 19.5. The lowest BCUT2D eigenvalue weighted by atomic mass is 10.0. The van der Waals surface area contributed by atoms with Gasteiger partial charge < -0.3 is 16.0 Å². The van der Waals surface area contributed by atoms with Gasteiger partial charge in [0.25, 0.3) is 5.91 Å². The molecule has 0 spiro atoms. The van der Waals surface area contributed by atoms with Crippen molar-refractivity contribution in [2.75, 3.05) is 13.1 Å². The second-order valence-electron chi connectivity index (χ2n) is 9.68. The van der Waals surface area contributed by atoms with E-state index >= 15 is 0 Å². The van der Waals surface area contributed by atoms with E-state index in [-0.39, 0.29) is 36.7 Å². The van der Waals surface area contributed by atoms with Crippen molar-refractivity contribution in [2.45, 2.75) is 78.2 Å². The molecule has 0 saturated carbocycles. The van der Waals surface area contributed by atoms with Crippen LogP contribution in [-0.2, 0) is 9.59 Å². The number of pyridine rings is 1. The number of amides is 3. The maximum Gasteiger partial charge on any atom is 0.252 e. The molecule has 7 nitrogen and oxygen atoms in total. The van der Waals surface area contributed by atoms with Crippen LogP contribution < -0.4 is 16.0 Å². The molecule has 0 aliphatic rings. The highest BCUT2D eigenvalue weighted by Gasteiger charge is 2.23. The highest BCUT2D eigenvalue weighted by atomic mass is 16.2. The van der Waals surface area contributed by atoms with Gasteiger partial charge in [-0.2, -0.15) is 0 Å². The Labute approximate surface area is 241 Å². The van der Waals surface area contributed by atoms with Crippen LogP contribution in [0, 0.1) is 5.92 Å². The van der Waals surface area contributed by atoms with Crippen molar-refractivity contribution in [2.24, 2.45) is 5.92 Å². The zero-order valence-corrected chi connectivity index (χ0v) is 24.5. The van der Waals surface area contributed by atoms with Crippen LogP contribution in [0.25, 0.3) is 0 Å². The number of allylic oxidation sites excluding steroid dienone is 10. The summed E-state index contributed by atoms with van der Waals surface area (Å²) in [6.45, 7) is 6.48. The predicted molar refractivity (Wildman–Crippen MR) is 165 cm³/mol. The van der Waals surface area contributed by atoms with Crippen LogP contribution in [-0.4, -0.2) is 41.8 Å². The third-order valence-electron chi connectivity index (χ3n) is 5.83. The van der Waals surface area contributed by atoms with E-state index in [2.05, 4.69) is 88.6 Å². The van der Waals surface area contributed by atoms with Crippen LogP contribution in [0.5, 0.6) is 0 Å². The molecule has 0 radical (unpaired) electrons. The van der Waals surface area contributed by atoms with Crippen molar-refractivity contribution in [1.29, 1.82) is 0 Å². The second-order valence-corrected chi connectivity index (χ2v) is 9.68. The zero-order chi connectivity index (χ0) is 29.3. The number of nitrogens with zero attached hydrogens (tertiary/aromatic N) is 1. The Hall–Kier alpha value is -3.74. The Kier molecular flexibility index (Phi) is 19.9. The summed E-state index contributed by atoms with van der Waals surface area (Å²) in [6.07, 6.45) is 31.5. The van der Waals surface area contributed by atoms with Crippen LogP contribution in [0.1, 0.15) is 82.5 Å². The minimum absolute atomic E-state index is 0.0556. The molecule has 1 atom stereocenters. The van der Waals surface area contributed by atoms with Crippen LogP contribution >= 0.6 is 0 Å². The zero-order valence-electron chi connectivity index (χ0n) is 24.5. The van der Waals surface area contributed by atoms with Gasteiger partial charge in [-0.15, -0.1) is 0 Å². The van der Waals surface area contributed by atoms with Crippen molar-refractivity contribution in [3.8, 4) is 0 Å². The molecule has 1 aromatic rings. The standard InChI is InChI=1S/C33H48N4O3/c1-4-5-6-7-8-9-10-11-12-13-14-15-16-17-18-19-20-23-30(38)37-31(28(2)3)33(40)36-26-25-35-32(39)29-22-21-24-34-27-29/h5-6,8-9,11-12,14-15,17-18,21-22,24,27-28,31H,4,7,10,13,16,19-20,23,25-26H2,1-3H3,(H,35,39)(H,36,40)(H,37,38). The molecule has 3 amide bonds. The van der Waals surface area contributed by atoms with Gasteiger partial charge >= 0.3 is 0 Å². The van der Waals surface area contributed by atoms with E-state index in [1.54, 1.807) is 18.3 Å². The molecule has 0 saturated heterocycles. The fraction of sp³-hybridized carbons (Fsp3) is 0.455. The van der Waals surface area contributed by atoms with Gasteiger partial charge in [0.15, 0.2) is 0 Å². The summed E-state index contributed by atoms with van der Waals surface area (Å²) in [5, 5.41) is 8.38. The summed E-state index contributed by atoms with van der Waals surface area (Å²) >= 11 is 0. The van der Waals surface area contributed by atoms with Crippen LogP contribution in [0.15, 0.2) is 85.3 Å². The van der Waals surface area contributed by atoms with Crippen molar-refractivity contribution in [3.63, 3.8) is 0 Å². The maximum absolute atomic E-state index is 12.6. The minimum atomic E-state index is -0.616. The fourth-order valence-corrected chi connectivity index (χ4v) is 3.60. The largest absolute Gasteiger partial charge is 0.353 e. The second kappa shape index (κ2) is 23.2. The molecule has 1 unspecified atom stereocenters. The lowest BCUT2D eigenvalue weighted by molar-refractivity contribution is -0.130. The number of carbonyl (C=O) groups excluding carboxylic acids is 3. The van der Waals surface area contributed by atoms with Gasteiger partial charge in [0, 0.05) is 31.9 Å². The number of nitrogens with one attached hydrogen (secondary N) is 3. The molecule has 0 aliphatic carbocycles. The lowest BCUT2D eigenvalue weighted by Crippen LogP contribution is -2.50. The number of hydrogen-bond donors (Lipinski definition) is 3. The average Bonchev–Trinajstić information content (AvgIpc) is 2.95. The molecule has 7 heteroatoms. The van der Waals surface area contributed by atoms with E-state index in [0.29, 0.717) is 12.0 Å². The molecule has 0 aromatic carbocycles. The van der Waals surface area contributed by atoms with Crippen molar-refractivity contribution in [3.05, 3.63) is 90.9 Å². The van der Waals surface area contributed by atoms with Crippen molar-refractivity contribution in [1.82, 2.24) is 20.9 Å². The molecular formula is C33H48N4O3. The summed E-state index contributed by atoms with van der Waals surface area (Å²) < 4.78 is 0. The maximum atomic E-state index is 12.6. The lowest BCUT2D eigenvalue weighted by Gasteiger charge is -2.21. The highest BCUT2D eigenvalue weighted by molar-refractivity contribution is 5.93. The Bertz CT molecular complexity index is 994. The number of aromatic nitrogens is 1. The Balaban J connectivity index is 2.17. The van der Waals surface area contributed by atoms with Gasteiger partial charge in [0.2, 0.25) is 11.8 Å². The van der Waals surface area contributed by atoms with Crippen LogP contribution in [0.3, 0.4) is 0 Å². The molecule has 0 aliphatic heterocycles. The summed E-state index contributed by atoms with van der Waals surface area (Å²) in [6, 6.07) is 2.75. The molecule has 40 heavy (non-hydrogen) atoms. The first kappa shape index (κ1) is 34.3. The first-order valence-electron chi connectivity index (χ1n) is 14.5. The van der Waals surface area contributed by atoms with Gasteiger partial charge in [0.1, 0.15) is 6.04 Å². The molecular weight excluding hydrogens is 500 g/mol.